The van der Waals surface area contributed by atoms with Crippen LogP contribution in [0, 0.1) is 25.5 Å². The number of aryl methyl sites for hydroxylation is 1. The molecule has 0 fully saturated rings. The molecule has 164 valence electrons. The summed E-state index contributed by atoms with van der Waals surface area (Å²) in [6.45, 7) is 3.35. The zero-order chi connectivity index (χ0) is 22.8. The summed E-state index contributed by atoms with van der Waals surface area (Å²) in [6, 6.07) is 6.66. The van der Waals surface area contributed by atoms with Crippen LogP contribution in [0.4, 0.5) is 8.78 Å². The average molecular weight is 439 g/mol. The molecule has 0 aliphatic carbocycles. The first-order valence-corrected chi connectivity index (χ1v) is 9.81. The van der Waals surface area contributed by atoms with Gasteiger partial charge in [0.2, 0.25) is 0 Å². The van der Waals surface area contributed by atoms with Crippen LogP contribution in [-0.2, 0) is 11.4 Å². The summed E-state index contributed by atoms with van der Waals surface area (Å²) in [4.78, 5) is 41.1. The summed E-state index contributed by atoms with van der Waals surface area (Å²) in [5, 5.41) is 6.72. The van der Waals surface area contributed by atoms with Gasteiger partial charge in [-0.1, -0.05) is 11.2 Å². The summed E-state index contributed by atoms with van der Waals surface area (Å²) in [6.07, 6.45) is 1.49. The lowest BCUT2D eigenvalue weighted by Gasteiger charge is -2.10. The summed E-state index contributed by atoms with van der Waals surface area (Å²) >= 11 is 0. The lowest BCUT2D eigenvalue weighted by atomic mass is 10.00. The number of nitrogens with one attached hydrogen (secondary N) is 2. The van der Waals surface area contributed by atoms with Crippen molar-refractivity contribution in [3.05, 3.63) is 92.4 Å². The predicted octanol–water partition coefficient (Wildman–Crippen LogP) is 2.86. The third-order valence-electron chi connectivity index (χ3n) is 5.07. The van der Waals surface area contributed by atoms with Crippen LogP contribution in [0.3, 0.4) is 0 Å². The summed E-state index contributed by atoms with van der Waals surface area (Å²) in [5.41, 5.74) is 2.54. The van der Waals surface area contributed by atoms with E-state index in [0.717, 1.165) is 17.7 Å². The van der Waals surface area contributed by atoms with Crippen molar-refractivity contribution in [1.82, 2.24) is 20.3 Å². The number of pyridine rings is 1. The van der Waals surface area contributed by atoms with Gasteiger partial charge < -0.3 is 15.1 Å². The van der Waals surface area contributed by atoms with E-state index < -0.39 is 23.6 Å². The van der Waals surface area contributed by atoms with Gasteiger partial charge in [0.15, 0.2) is 17.7 Å². The number of rotatable bonds is 5. The predicted molar refractivity (Wildman–Crippen MR) is 111 cm³/mol. The second kappa shape index (κ2) is 8.66. The smallest absolute Gasteiger partial charge is 0.270 e. The van der Waals surface area contributed by atoms with Crippen molar-refractivity contribution in [1.29, 1.82) is 0 Å². The van der Waals surface area contributed by atoms with Crippen LogP contribution in [0.15, 0.2) is 46.5 Å². The van der Waals surface area contributed by atoms with Gasteiger partial charge >= 0.3 is 0 Å². The topological polar surface area (TPSA) is 109 Å². The van der Waals surface area contributed by atoms with Gasteiger partial charge in [-0.05, 0) is 43.7 Å². The second-order valence-corrected chi connectivity index (χ2v) is 7.34. The van der Waals surface area contributed by atoms with Crippen LogP contribution in [0.2, 0.25) is 0 Å². The molecule has 1 atom stereocenters. The molecule has 8 nitrogen and oxygen atoms in total. The van der Waals surface area contributed by atoms with Crippen molar-refractivity contribution >= 4 is 11.6 Å². The molecule has 2 N–H and O–H groups in total. The fourth-order valence-corrected chi connectivity index (χ4v) is 3.37. The van der Waals surface area contributed by atoms with Crippen LogP contribution in [0.25, 0.3) is 0 Å². The van der Waals surface area contributed by atoms with Crippen molar-refractivity contribution in [2.24, 2.45) is 5.16 Å². The van der Waals surface area contributed by atoms with E-state index in [2.05, 4.69) is 25.4 Å². The highest BCUT2D eigenvalue weighted by atomic mass is 19.2. The van der Waals surface area contributed by atoms with Crippen LogP contribution in [0.1, 0.15) is 51.2 Å². The van der Waals surface area contributed by atoms with Gasteiger partial charge in [0.05, 0.1) is 5.69 Å². The normalized spacial score (nSPS) is 15.2. The number of aromatic nitrogens is 3. The molecule has 0 radical (unpaired) electrons. The zero-order valence-electron chi connectivity index (χ0n) is 17.3. The van der Waals surface area contributed by atoms with Crippen LogP contribution in [0.5, 0.6) is 0 Å². The molecule has 10 heteroatoms. The van der Waals surface area contributed by atoms with Gasteiger partial charge in [0.25, 0.3) is 11.5 Å². The van der Waals surface area contributed by atoms with Gasteiger partial charge in [-0.3, -0.25) is 9.59 Å². The standard InChI is InChI=1S/C22H19F2N5O3/c1-11-14(5-6-25-21(11)30)20-9-18(29-32-20)17-8-19(28-12(2)27-17)22(31)26-10-13-3-4-15(23)16(24)7-13/h3-8,20H,9-10H2,1-2H3,(H,25,30)(H,26,31). The van der Waals surface area contributed by atoms with E-state index in [1.165, 1.54) is 12.1 Å². The van der Waals surface area contributed by atoms with E-state index in [9.17, 15) is 18.4 Å². The largest absolute Gasteiger partial charge is 0.387 e. The van der Waals surface area contributed by atoms with Gasteiger partial charge in [-0.25, -0.2) is 18.7 Å². The molecule has 1 amide bonds. The van der Waals surface area contributed by atoms with Gasteiger partial charge in [0, 0.05) is 30.3 Å². The Kier molecular flexibility index (Phi) is 5.76. The maximum absolute atomic E-state index is 13.4. The number of benzene rings is 1. The Hall–Kier alpha value is -3.95. The molecule has 0 bridgehead atoms. The minimum absolute atomic E-state index is 0.00236. The average Bonchev–Trinajstić information content (AvgIpc) is 3.26. The van der Waals surface area contributed by atoms with E-state index in [-0.39, 0.29) is 17.8 Å². The summed E-state index contributed by atoms with van der Waals surface area (Å²) < 4.78 is 26.4. The highest BCUT2D eigenvalue weighted by Crippen LogP contribution is 2.30. The first-order chi connectivity index (χ1) is 15.3. The number of hydrogen-bond acceptors (Lipinski definition) is 6. The van der Waals surface area contributed by atoms with Crippen molar-refractivity contribution in [3.63, 3.8) is 0 Å². The molecular formula is C22H19F2N5O3. The molecule has 1 unspecified atom stereocenters. The van der Waals surface area contributed by atoms with Crippen LogP contribution < -0.4 is 10.9 Å². The molecular weight excluding hydrogens is 420 g/mol. The summed E-state index contributed by atoms with van der Waals surface area (Å²) in [5.74, 6) is -2.08. The first kappa shape index (κ1) is 21.3. The Morgan fingerprint density at radius 1 is 1.19 bits per heavy atom. The molecule has 0 saturated carbocycles. The summed E-state index contributed by atoms with van der Waals surface area (Å²) in [7, 11) is 0. The lowest BCUT2D eigenvalue weighted by Crippen LogP contribution is -2.25. The first-order valence-electron chi connectivity index (χ1n) is 9.81. The molecule has 1 aliphatic rings. The van der Waals surface area contributed by atoms with Gasteiger partial charge in [-0.15, -0.1) is 0 Å². The highest BCUT2D eigenvalue weighted by molar-refractivity contribution is 6.02. The van der Waals surface area contributed by atoms with Gasteiger partial charge in [0.1, 0.15) is 17.2 Å². The van der Waals surface area contributed by atoms with E-state index >= 15 is 0 Å². The quantitative estimate of drug-likeness (QED) is 0.635. The fraction of sp³-hybridized carbons (Fsp3) is 0.227. The minimum Gasteiger partial charge on any atom is -0.387 e. The zero-order valence-corrected chi connectivity index (χ0v) is 17.3. The number of carbonyl (C=O) groups is 1. The number of carbonyl (C=O) groups excluding carboxylic acids is 1. The maximum atomic E-state index is 13.4. The molecule has 3 aromatic rings. The Bertz CT molecular complexity index is 1290. The molecule has 0 spiro atoms. The molecule has 0 saturated heterocycles. The van der Waals surface area contributed by atoms with Crippen molar-refractivity contribution in [2.75, 3.05) is 0 Å². The maximum Gasteiger partial charge on any atom is 0.270 e. The van der Waals surface area contributed by atoms with Crippen molar-refractivity contribution < 1.29 is 18.4 Å². The number of hydrogen-bond donors (Lipinski definition) is 2. The van der Waals surface area contributed by atoms with E-state index in [0.29, 0.717) is 34.8 Å². The number of oxime groups is 1. The fourth-order valence-electron chi connectivity index (χ4n) is 3.37. The molecule has 1 aliphatic heterocycles. The van der Waals surface area contributed by atoms with E-state index in [1.54, 1.807) is 26.1 Å². The highest BCUT2D eigenvalue weighted by Gasteiger charge is 2.27. The second-order valence-electron chi connectivity index (χ2n) is 7.34. The Labute approximate surface area is 181 Å². The number of H-pyrrole nitrogens is 1. The molecule has 1 aromatic carbocycles. The molecule has 2 aromatic heterocycles. The Morgan fingerprint density at radius 2 is 2.00 bits per heavy atom. The van der Waals surface area contributed by atoms with Crippen LogP contribution >= 0.6 is 0 Å². The molecule has 3 heterocycles. The van der Waals surface area contributed by atoms with E-state index in [4.69, 9.17) is 4.84 Å². The SMILES string of the molecule is Cc1nc(C(=O)NCc2ccc(F)c(F)c2)cc(C2=NOC(c3cc[nH]c(=O)c3C)C2)n1. The lowest BCUT2D eigenvalue weighted by molar-refractivity contribution is 0.0851. The number of halogens is 2. The molecule has 32 heavy (non-hydrogen) atoms. The van der Waals surface area contributed by atoms with Crippen molar-refractivity contribution in [3.8, 4) is 0 Å². The minimum atomic E-state index is -0.985. The third kappa shape index (κ3) is 4.39. The van der Waals surface area contributed by atoms with Crippen LogP contribution in [-0.4, -0.2) is 26.6 Å². The third-order valence-corrected chi connectivity index (χ3v) is 5.07. The number of aromatic amines is 1. The number of nitrogens with zero attached hydrogens (tertiary/aromatic N) is 3. The number of amides is 1. The Balaban J connectivity index is 1.49. The monoisotopic (exact) mass is 439 g/mol. The Morgan fingerprint density at radius 3 is 2.78 bits per heavy atom. The van der Waals surface area contributed by atoms with Crippen molar-refractivity contribution in [2.45, 2.75) is 32.9 Å². The van der Waals surface area contributed by atoms with Gasteiger partial charge in [-0.2, -0.15) is 0 Å². The molecule has 4 rings (SSSR count). The van der Waals surface area contributed by atoms with E-state index in [1.807, 2.05) is 0 Å².